The number of hydrogen-bond donors (Lipinski definition) is 2. The summed E-state index contributed by atoms with van der Waals surface area (Å²) < 4.78 is 1.94. The molecule has 0 saturated heterocycles. The lowest BCUT2D eigenvalue weighted by Gasteiger charge is -2.19. The fourth-order valence-electron chi connectivity index (χ4n) is 2.96. The molecule has 0 aliphatic rings. The van der Waals surface area contributed by atoms with Gasteiger partial charge in [-0.05, 0) is 32.6 Å². The SMILES string of the molecule is CCCCC(CCC)CNC(=NC)NCc1c(C)nn(C)c1C. The van der Waals surface area contributed by atoms with Gasteiger partial charge in [-0.1, -0.05) is 33.1 Å². The van der Waals surface area contributed by atoms with E-state index in [-0.39, 0.29) is 0 Å². The number of rotatable bonds is 9. The van der Waals surface area contributed by atoms with Gasteiger partial charge in [0, 0.05) is 38.4 Å². The molecule has 23 heavy (non-hydrogen) atoms. The van der Waals surface area contributed by atoms with E-state index in [1.165, 1.54) is 43.4 Å². The Bertz CT molecular complexity index is 490. The molecular formula is C18H35N5. The van der Waals surface area contributed by atoms with Crippen molar-refractivity contribution in [2.45, 2.75) is 66.3 Å². The zero-order valence-corrected chi connectivity index (χ0v) is 15.9. The van der Waals surface area contributed by atoms with Crippen molar-refractivity contribution >= 4 is 5.96 Å². The summed E-state index contributed by atoms with van der Waals surface area (Å²) >= 11 is 0. The molecule has 1 unspecified atom stereocenters. The van der Waals surface area contributed by atoms with E-state index in [4.69, 9.17) is 0 Å². The highest BCUT2D eigenvalue weighted by molar-refractivity contribution is 5.79. The first-order valence-corrected chi connectivity index (χ1v) is 8.96. The van der Waals surface area contributed by atoms with Crippen LogP contribution in [-0.2, 0) is 13.6 Å². The number of aliphatic imine (C=N–C) groups is 1. The summed E-state index contributed by atoms with van der Waals surface area (Å²) in [5, 5.41) is 11.4. The third-order valence-electron chi connectivity index (χ3n) is 4.54. The van der Waals surface area contributed by atoms with Crippen molar-refractivity contribution in [3.05, 3.63) is 17.0 Å². The fourth-order valence-corrected chi connectivity index (χ4v) is 2.96. The van der Waals surface area contributed by atoms with Crippen molar-refractivity contribution in [2.75, 3.05) is 13.6 Å². The van der Waals surface area contributed by atoms with Crippen LogP contribution in [0.15, 0.2) is 4.99 Å². The average Bonchev–Trinajstić information content (AvgIpc) is 2.78. The van der Waals surface area contributed by atoms with Crippen LogP contribution in [0.1, 0.15) is 62.9 Å². The molecule has 1 heterocycles. The van der Waals surface area contributed by atoms with E-state index in [1.54, 1.807) is 0 Å². The first-order chi connectivity index (χ1) is 11.0. The molecule has 0 saturated carbocycles. The molecule has 0 amide bonds. The number of unbranched alkanes of at least 4 members (excludes halogenated alkanes) is 1. The van der Waals surface area contributed by atoms with Gasteiger partial charge in [-0.25, -0.2) is 0 Å². The molecule has 5 nitrogen and oxygen atoms in total. The summed E-state index contributed by atoms with van der Waals surface area (Å²) in [4.78, 5) is 4.35. The van der Waals surface area contributed by atoms with E-state index in [9.17, 15) is 0 Å². The number of guanidine groups is 1. The second-order valence-corrected chi connectivity index (χ2v) is 6.38. The van der Waals surface area contributed by atoms with E-state index >= 15 is 0 Å². The van der Waals surface area contributed by atoms with Crippen LogP contribution in [0.25, 0.3) is 0 Å². The van der Waals surface area contributed by atoms with Crippen molar-refractivity contribution in [1.29, 1.82) is 0 Å². The van der Waals surface area contributed by atoms with Crippen LogP contribution in [0, 0.1) is 19.8 Å². The number of aryl methyl sites for hydroxylation is 2. The Kier molecular flexibility index (Phi) is 8.74. The maximum absolute atomic E-state index is 4.46. The second kappa shape index (κ2) is 10.3. The number of hydrogen-bond acceptors (Lipinski definition) is 2. The van der Waals surface area contributed by atoms with Crippen LogP contribution < -0.4 is 10.6 Å². The van der Waals surface area contributed by atoms with Gasteiger partial charge in [0.05, 0.1) is 5.69 Å². The van der Waals surface area contributed by atoms with Gasteiger partial charge in [0.15, 0.2) is 5.96 Å². The molecule has 2 N–H and O–H groups in total. The molecule has 132 valence electrons. The molecule has 1 rings (SSSR count). The van der Waals surface area contributed by atoms with E-state index in [1.807, 2.05) is 18.8 Å². The Balaban J connectivity index is 2.50. The van der Waals surface area contributed by atoms with Gasteiger partial charge < -0.3 is 10.6 Å². The van der Waals surface area contributed by atoms with Crippen LogP contribution in [-0.4, -0.2) is 29.3 Å². The van der Waals surface area contributed by atoms with E-state index in [0.29, 0.717) is 0 Å². The van der Waals surface area contributed by atoms with Crippen molar-refractivity contribution in [3.63, 3.8) is 0 Å². The third kappa shape index (κ3) is 6.24. The molecule has 0 aromatic carbocycles. The highest BCUT2D eigenvalue weighted by Crippen LogP contribution is 2.14. The van der Waals surface area contributed by atoms with Gasteiger partial charge >= 0.3 is 0 Å². The predicted octanol–water partition coefficient (Wildman–Crippen LogP) is 3.31. The standard InChI is InChI=1S/C18H35N5/c1-7-9-11-16(10-8-2)12-20-18(19-5)21-13-17-14(3)22-23(6)15(17)4/h16H,7-13H2,1-6H3,(H2,19,20,21). The Morgan fingerprint density at radius 1 is 1.17 bits per heavy atom. The number of nitrogens with one attached hydrogen (secondary N) is 2. The Labute approximate surface area is 142 Å². The van der Waals surface area contributed by atoms with Crippen LogP contribution in [0.5, 0.6) is 0 Å². The molecule has 0 spiro atoms. The lowest BCUT2D eigenvalue weighted by Crippen LogP contribution is -2.39. The quantitative estimate of drug-likeness (QED) is 0.542. The van der Waals surface area contributed by atoms with Crippen molar-refractivity contribution in [1.82, 2.24) is 20.4 Å². The predicted molar refractivity (Wildman–Crippen MR) is 98.8 cm³/mol. The summed E-state index contributed by atoms with van der Waals surface area (Å²) in [7, 11) is 3.82. The second-order valence-electron chi connectivity index (χ2n) is 6.38. The lowest BCUT2D eigenvalue weighted by atomic mass is 9.97. The maximum atomic E-state index is 4.46. The Morgan fingerprint density at radius 3 is 2.43 bits per heavy atom. The summed E-state index contributed by atoms with van der Waals surface area (Å²) in [6.45, 7) is 10.4. The lowest BCUT2D eigenvalue weighted by molar-refractivity contribution is 0.423. The molecule has 0 radical (unpaired) electrons. The zero-order valence-electron chi connectivity index (χ0n) is 15.9. The van der Waals surface area contributed by atoms with Crippen LogP contribution in [0.4, 0.5) is 0 Å². The van der Waals surface area contributed by atoms with E-state index in [0.717, 1.165) is 30.7 Å². The van der Waals surface area contributed by atoms with Gasteiger partial charge in [0.2, 0.25) is 0 Å². The number of nitrogens with zero attached hydrogens (tertiary/aromatic N) is 3. The molecule has 0 bridgehead atoms. The molecule has 0 aliphatic carbocycles. The van der Waals surface area contributed by atoms with Crippen molar-refractivity contribution in [2.24, 2.45) is 18.0 Å². The highest BCUT2D eigenvalue weighted by atomic mass is 15.3. The average molecular weight is 322 g/mol. The minimum absolute atomic E-state index is 0.736. The molecule has 1 atom stereocenters. The molecule has 1 aromatic heterocycles. The van der Waals surface area contributed by atoms with Gasteiger partial charge in [-0.3, -0.25) is 9.67 Å². The minimum Gasteiger partial charge on any atom is -0.356 e. The van der Waals surface area contributed by atoms with Gasteiger partial charge in [0.25, 0.3) is 0 Å². The van der Waals surface area contributed by atoms with Crippen LogP contribution in [0.3, 0.4) is 0 Å². The van der Waals surface area contributed by atoms with Crippen LogP contribution >= 0.6 is 0 Å². The topological polar surface area (TPSA) is 54.2 Å². The van der Waals surface area contributed by atoms with Crippen molar-refractivity contribution < 1.29 is 0 Å². The summed E-state index contributed by atoms with van der Waals surface area (Å²) in [5.41, 5.74) is 3.54. The Morgan fingerprint density at radius 2 is 1.91 bits per heavy atom. The molecule has 5 heteroatoms. The number of aromatic nitrogens is 2. The molecule has 0 fully saturated rings. The zero-order chi connectivity index (χ0) is 17.2. The van der Waals surface area contributed by atoms with Crippen LogP contribution in [0.2, 0.25) is 0 Å². The minimum atomic E-state index is 0.736. The summed E-state index contributed by atoms with van der Waals surface area (Å²) in [6.07, 6.45) is 6.41. The molecular weight excluding hydrogens is 286 g/mol. The largest absolute Gasteiger partial charge is 0.356 e. The molecule has 0 aliphatic heterocycles. The highest BCUT2D eigenvalue weighted by Gasteiger charge is 2.11. The summed E-state index contributed by atoms with van der Waals surface area (Å²) in [6, 6.07) is 0. The van der Waals surface area contributed by atoms with E-state index < -0.39 is 0 Å². The summed E-state index contributed by atoms with van der Waals surface area (Å²) in [5.74, 6) is 1.62. The molecule has 1 aromatic rings. The Hall–Kier alpha value is -1.52. The van der Waals surface area contributed by atoms with Crippen molar-refractivity contribution in [3.8, 4) is 0 Å². The van der Waals surface area contributed by atoms with E-state index in [2.05, 4.69) is 48.4 Å². The van der Waals surface area contributed by atoms with Gasteiger partial charge in [0.1, 0.15) is 0 Å². The van der Waals surface area contributed by atoms with Gasteiger partial charge in [-0.2, -0.15) is 5.10 Å². The fraction of sp³-hybridized carbons (Fsp3) is 0.778. The maximum Gasteiger partial charge on any atom is 0.191 e. The third-order valence-corrected chi connectivity index (χ3v) is 4.54. The first kappa shape index (κ1) is 19.5. The first-order valence-electron chi connectivity index (χ1n) is 8.96. The smallest absolute Gasteiger partial charge is 0.191 e. The van der Waals surface area contributed by atoms with Gasteiger partial charge in [-0.15, -0.1) is 0 Å². The monoisotopic (exact) mass is 321 g/mol. The normalized spacial score (nSPS) is 13.2.